The Labute approximate surface area is 203 Å². The molecule has 0 radical (unpaired) electrons. The maximum absolute atomic E-state index is 12.9. The average molecular weight is 512 g/mol. The molecule has 12 heteroatoms. The highest BCUT2D eigenvalue weighted by molar-refractivity contribution is 7.82. The lowest BCUT2D eigenvalue weighted by atomic mass is 10.0. The highest BCUT2D eigenvalue weighted by Crippen LogP contribution is 2.33. The van der Waals surface area contributed by atoms with Gasteiger partial charge in [-0.2, -0.15) is 8.42 Å². The summed E-state index contributed by atoms with van der Waals surface area (Å²) in [7, 11) is -4.66. The van der Waals surface area contributed by atoms with Gasteiger partial charge in [-0.05, 0) is 24.6 Å². The van der Waals surface area contributed by atoms with Crippen molar-refractivity contribution in [1.29, 1.82) is 0 Å². The Morgan fingerprint density at radius 2 is 1.74 bits per heavy atom. The standard InChI is InChI=1S/C23H29NO10S/c1-14(24-15(2)26)23(16-8-4-3-5-9-16)34-35(29,30)33-19-11-7-6-10-18(19)31-21-12-17(27)22(28)20(13-25)32-21/h3-11,14,17,20-23,25,27-28H,12-13H2,1-2H3,(H,24,26)/t14-,17+,20+,21?,22+,23-/m0/s1. The van der Waals surface area contributed by atoms with Gasteiger partial charge in [0, 0.05) is 13.3 Å². The monoisotopic (exact) mass is 511 g/mol. The van der Waals surface area contributed by atoms with Gasteiger partial charge < -0.3 is 34.3 Å². The minimum absolute atomic E-state index is 0.0314. The first-order valence-electron chi connectivity index (χ1n) is 10.9. The lowest BCUT2D eigenvalue weighted by Gasteiger charge is -2.36. The zero-order valence-corrected chi connectivity index (χ0v) is 20.0. The number of carbonyl (C=O) groups excluding carboxylic acids is 1. The Morgan fingerprint density at radius 3 is 2.37 bits per heavy atom. The van der Waals surface area contributed by atoms with E-state index >= 15 is 0 Å². The van der Waals surface area contributed by atoms with E-state index in [1.165, 1.54) is 25.1 Å². The van der Waals surface area contributed by atoms with Crippen LogP contribution in [0.5, 0.6) is 11.5 Å². The summed E-state index contributed by atoms with van der Waals surface area (Å²) in [6.07, 6.45) is -5.88. The van der Waals surface area contributed by atoms with Crippen LogP contribution in [0.25, 0.3) is 0 Å². The third kappa shape index (κ3) is 7.37. The Morgan fingerprint density at radius 1 is 1.11 bits per heavy atom. The fraction of sp³-hybridized carbons (Fsp3) is 0.435. The lowest BCUT2D eigenvalue weighted by molar-refractivity contribution is -0.230. The van der Waals surface area contributed by atoms with E-state index < -0.39 is 53.8 Å². The van der Waals surface area contributed by atoms with Gasteiger partial charge in [-0.15, -0.1) is 0 Å². The molecule has 1 unspecified atom stereocenters. The first-order valence-corrected chi connectivity index (χ1v) is 12.3. The van der Waals surface area contributed by atoms with Crippen LogP contribution in [0.3, 0.4) is 0 Å². The van der Waals surface area contributed by atoms with Crippen LogP contribution < -0.4 is 14.2 Å². The third-order valence-corrected chi connectivity index (χ3v) is 6.08. The molecule has 11 nitrogen and oxygen atoms in total. The van der Waals surface area contributed by atoms with Crippen LogP contribution in [0.2, 0.25) is 0 Å². The zero-order chi connectivity index (χ0) is 25.6. The molecule has 1 heterocycles. The molecule has 192 valence electrons. The molecule has 1 aliphatic rings. The van der Waals surface area contributed by atoms with Crippen molar-refractivity contribution >= 4 is 16.3 Å². The SMILES string of the molecule is CC(=O)N[C@@H](C)[C@H](OS(=O)(=O)Oc1ccccc1OC1C[C@@H](O)[C@@H](O)[C@@H](CO)O1)c1ccccc1. The first kappa shape index (κ1) is 26.9. The fourth-order valence-electron chi connectivity index (χ4n) is 3.62. The van der Waals surface area contributed by atoms with Crippen molar-refractivity contribution in [3.63, 3.8) is 0 Å². The van der Waals surface area contributed by atoms with Crippen molar-refractivity contribution in [2.45, 2.75) is 57.0 Å². The second-order valence-electron chi connectivity index (χ2n) is 8.05. The summed E-state index contributed by atoms with van der Waals surface area (Å²) < 4.78 is 47.4. The summed E-state index contributed by atoms with van der Waals surface area (Å²) in [5.74, 6) is -0.604. The van der Waals surface area contributed by atoms with E-state index in [2.05, 4.69) is 5.32 Å². The molecule has 3 rings (SSSR count). The number of carbonyl (C=O) groups is 1. The molecule has 2 aromatic carbocycles. The van der Waals surface area contributed by atoms with Gasteiger partial charge in [0.2, 0.25) is 12.2 Å². The van der Waals surface area contributed by atoms with Gasteiger partial charge in [0.15, 0.2) is 11.5 Å². The largest absolute Gasteiger partial charge is 0.461 e. The van der Waals surface area contributed by atoms with Crippen LogP contribution in [-0.2, 0) is 24.1 Å². The predicted molar refractivity (Wildman–Crippen MR) is 123 cm³/mol. The van der Waals surface area contributed by atoms with Gasteiger partial charge in [0.05, 0.1) is 18.8 Å². The zero-order valence-electron chi connectivity index (χ0n) is 19.2. The molecule has 0 spiro atoms. The van der Waals surface area contributed by atoms with Gasteiger partial charge in [0.25, 0.3) is 0 Å². The number of benzene rings is 2. The topological polar surface area (TPSA) is 161 Å². The number of hydrogen-bond donors (Lipinski definition) is 4. The van der Waals surface area contributed by atoms with Crippen molar-refractivity contribution in [2.24, 2.45) is 0 Å². The molecule has 1 amide bonds. The average Bonchev–Trinajstić information content (AvgIpc) is 2.81. The van der Waals surface area contributed by atoms with Gasteiger partial charge in [-0.25, -0.2) is 4.18 Å². The minimum Gasteiger partial charge on any atom is -0.461 e. The number of para-hydroxylation sites is 2. The van der Waals surface area contributed by atoms with Crippen molar-refractivity contribution in [3.8, 4) is 11.5 Å². The Kier molecular flexibility index (Phi) is 9.05. The van der Waals surface area contributed by atoms with E-state index in [0.717, 1.165) is 0 Å². The summed E-state index contributed by atoms with van der Waals surface area (Å²) in [5.41, 5.74) is 0.503. The Bertz CT molecular complexity index is 1080. The Balaban J connectivity index is 1.78. The molecule has 35 heavy (non-hydrogen) atoms. The van der Waals surface area contributed by atoms with Crippen LogP contribution in [-0.4, -0.2) is 66.9 Å². The van der Waals surface area contributed by atoms with Gasteiger partial charge in [0.1, 0.15) is 18.3 Å². The molecule has 1 aliphatic heterocycles. The number of hydrogen-bond acceptors (Lipinski definition) is 10. The number of nitrogens with one attached hydrogen (secondary N) is 1. The van der Waals surface area contributed by atoms with E-state index in [0.29, 0.717) is 5.56 Å². The minimum atomic E-state index is -4.66. The van der Waals surface area contributed by atoms with E-state index in [1.807, 2.05) is 0 Å². The number of ether oxygens (including phenoxy) is 2. The second-order valence-corrected chi connectivity index (χ2v) is 9.23. The van der Waals surface area contributed by atoms with Crippen LogP contribution in [0, 0.1) is 0 Å². The van der Waals surface area contributed by atoms with Crippen LogP contribution in [0.4, 0.5) is 0 Å². The van der Waals surface area contributed by atoms with E-state index in [4.69, 9.17) is 17.8 Å². The molecule has 0 bridgehead atoms. The highest BCUT2D eigenvalue weighted by atomic mass is 32.3. The maximum Gasteiger partial charge on any atom is 0.449 e. The highest BCUT2D eigenvalue weighted by Gasteiger charge is 2.38. The summed E-state index contributed by atoms with van der Waals surface area (Å²) in [5, 5.41) is 31.8. The molecule has 6 atom stereocenters. The summed E-state index contributed by atoms with van der Waals surface area (Å²) in [6, 6.07) is 13.6. The molecule has 1 fully saturated rings. The predicted octanol–water partition coefficient (Wildman–Crippen LogP) is 0.801. The number of aliphatic hydroxyl groups excluding tert-OH is 3. The molecule has 0 aliphatic carbocycles. The second kappa shape index (κ2) is 11.8. The van der Waals surface area contributed by atoms with Gasteiger partial charge >= 0.3 is 10.4 Å². The molecule has 2 aromatic rings. The third-order valence-electron chi connectivity index (χ3n) is 5.25. The van der Waals surface area contributed by atoms with Crippen molar-refractivity contribution in [3.05, 3.63) is 60.2 Å². The molecular weight excluding hydrogens is 482 g/mol. The smallest absolute Gasteiger partial charge is 0.449 e. The molecule has 4 N–H and O–H groups in total. The molecular formula is C23H29NO10S. The van der Waals surface area contributed by atoms with Crippen LogP contribution in [0.15, 0.2) is 54.6 Å². The Hall–Kier alpha value is -2.74. The summed E-state index contributed by atoms with van der Waals surface area (Å²) >= 11 is 0. The number of aliphatic hydroxyl groups is 3. The van der Waals surface area contributed by atoms with E-state index in [-0.39, 0.29) is 23.8 Å². The molecule has 0 saturated carbocycles. The normalized spacial score (nSPS) is 24.3. The molecule has 0 aromatic heterocycles. The fourth-order valence-corrected chi connectivity index (χ4v) is 4.55. The van der Waals surface area contributed by atoms with Gasteiger partial charge in [-0.3, -0.25) is 4.79 Å². The van der Waals surface area contributed by atoms with Crippen molar-refractivity contribution in [1.82, 2.24) is 5.32 Å². The van der Waals surface area contributed by atoms with Crippen LogP contribution >= 0.6 is 0 Å². The lowest BCUT2D eigenvalue weighted by Crippen LogP contribution is -2.51. The van der Waals surface area contributed by atoms with Gasteiger partial charge in [-0.1, -0.05) is 42.5 Å². The summed E-state index contributed by atoms with van der Waals surface area (Å²) in [6.45, 7) is 2.36. The van der Waals surface area contributed by atoms with Crippen molar-refractivity contribution < 1.29 is 46.4 Å². The maximum atomic E-state index is 12.9. The molecule has 1 saturated heterocycles. The van der Waals surface area contributed by atoms with Crippen LogP contribution in [0.1, 0.15) is 31.9 Å². The quantitative estimate of drug-likeness (QED) is 0.359. The first-order chi connectivity index (χ1) is 16.6. The van der Waals surface area contributed by atoms with E-state index in [1.54, 1.807) is 43.3 Å². The summed E-state index contributed by atoms with van der Waals surface area (Å²) in [4.78, 5) is 11.5. The number of amides is 1. The number of rotatable bonds is 10. The van der Waals surface area contributed by atoms with Crippen molar-refractivity contribution in [2.75, 3.05) is 6.61 Å². The van der Waals surface area contributed by atoms with E-state index in [9.17, 15) is 28.5 Å².